The summed E-state index contributed by atoms with van der Waals surface area (Å²) in [6.07, 6.45) is -2.63. The Morgan fingerprint density at radius 1 is 1.07 bits per heavy atom. The SMILES string of the molecule is CC(=O)N[C@@H](CCC(=O)O)C(=O)N1CCCCOC[C@@H](O)[C@@H](O)[C@H](OCCC(C)C)CN(C(=O)c2ccccc2F)CC1. The van der Waals surface area contributed by atoms with E-state index in [4.69, 9.17) is 14.6 Å². The first kappa shape index (κ1) is 36.1. The second kappa shape index (κ2) is 18.5. The zero-order valence-corrected chi connectivity index (χ0v) is 25.2. The molecule has 1 aliphatic rings. The van der Waals surface area contributed by atoms with Gasteiger partial charge in [0.2, 0.25) is 11.8 Å². The number of nitrogens with zero attached hydrogens (tertiary/aromatic N) is 2. The van der Waals surface area contributed by atoms with Crippen LogP contribution in [0.2, 0.25) is 0 Å². The summed E-state index contributed by atoms with van der Waals surface area (Å²) in [4.78, 5) is 53.0. The molecule has 4 N–H and O–H groups in total. The van der Waals surface area contributed by atoms with Gasteiger partial charge in [0.1, 0.15) is 30.2 Å². The van der Waals surface area contributed by atoms with Crippen molar-refractivity contribution in [2.75, 3.05) is 46.0 Å². The Morgan fingerprint density at radius 3 is 2.42 bits per heavy atom. The van der Waals surface area contributed by atoms with Gasteiger partial charge < -0.3 is 39.9 Å². The third-order valence-corrected chi connectivity index (χ3v) is 7.12. The Kier molecular flexibility index (Phi) is 15.5. The molecule has 1 aromatic rings. The number of carbonyl (C=O) groups is 4. The first-order valence-electron chi connectivity index (χ1n) is 14.8. The van der Waals surface area contributed by atoms with Crippen LogP contribution in [0.25, 0.3) is 0 Å². The summed E-state index contributed by atoms with van der Waals surface area (Å²) >= 11 is 0. The van der Waals surface area contributed by atoms with Gasteiger partial charge in [-0.2, -0.15) is 0 Å². The van der Waals surface area contributed by atoms with Crippen molar-refractivity contribution in [3.8, 4) is 0 Å². The standard InChI is InChI=1S/C30H46FN3O9/c1-20(2)12-17-43-26-18-34(29(40)22-8-4-5-9-23(22)31)15-14-33(13-6-7-16-42-19-25(36)28(26)39)30(41)24(32-21(3)35)10-11-27(37)38/h4-5,8-9,20,24-26,28,36,39H,6-7,10-19H2,1-3H3,(H,32,35)(H,37,38)/t24-,25+,26+,28+/m0/s1. The number of rotatable bonds is 10. The molecule has 0 radical (unpaired) electrons. The normalized spacial score (nSPS) is 21.6. The molecule has 1 heterocycles. The highest BCUT2D eigenvalue weighted by molar-refractivity contribution is 5.94. The fraction of sp³-hybridized carbons (Fsp3) is 0.667. The Hall–Kier alpha value is -3.13. The number of carboxylic acid groups (broad SMARTS) is 1. The van der Waals surface area contributed by atoms with E-state index in [-0.39, 0.29) is 70.3 Å². The predicted molar refractivity (Wildman–Crippen MR) is 155 cm³/mol. The van der Waals surface area contributed by atoms with Crippen molar-refractivity contribution < 1.29 is 48.4 Å². The summed E-state index contributed by atoms with van der Waals surface area (Å²) in [5.41, 5.74) is -0.210. The quantitative estimate of drug-likeness (QED) is 0.306. The minimum Gasteiger partial charge on any atom is -0.481 e. The molecule has 2 rings (SSSR count). The van der Waals surface area contributed by atoms with E-state index in [0.717, 1.165) is 6.07 Å². The Balaban J connectivity index is 2.42. The van der Waals surface area contributed by atoms with Crippen molar-refractivity contribution in [2.45, 2.75) is 77.2 Å². The van der Waals surface area contributed by atoms with Gasteiger partial charge in [0.05, 0.1) is 12.2 Å². The first-order chi connectivity index (χ1) is 20.4. The second-order valence-corrected chi connectivity index (χ2v) is 11.2. The van der Waals surface area contributed by atoms with Crippen LogP contribution in [-0.4, -0.2) is 119 Å². The maximum Gasteiger partial charge on any atom is 0.303 e. The lowest BCUT2D eigenvalue weighted by atomic mass is 10.1. The van der Waals surface area contributed by atoms with Gasteiger partial charge in [-0.1, -0.05) is 26.0 Å². The maximum atomic E-state index is 14.7. The van der Waals surface area contributed by atoms with E-state index in [1.165, 1.54) is 34.9 Å². The molecular weight excluding hydrogens is 565 g/mol. The molecule has 242 valence electrons. The van der Waals surface area contributed by atoms with Gasteiger partial charge in [-0.25, -0.2) is 4.39 Å². The summed E-state index contributed by atoms with van der Waals surface area (Å²) in [6.45, 7) is 5.41. The number of nitrogens with one attached hydrogen (secondary N) is 1. The van der Waals surface area contributed by atoms with Gasteiger partial charge in [0, 0.05) is 52.7 Å². The third-order valence-electron chi connectivity index (χ3n) is 7.12. The van der Waals surface area contributed by atoms with Crippen LogP contribution in [0.5, 0.6) is 0 Å². The van der Waals surface area contributed by atoms with Gasteiger partial charge in [0.15, 0.2) is 0 Å². The fourth-order valence-electron chi connectivity index (χ4n) is 4.63. The third kappa shape index (κ3) is 12.6. The lowest BCUT2D eigenvalue weighted by Crippen LogP contribution is -2.53. The van der Waals surface area contributed by atoms with Crippen molar-refractivity contribution in [3.05, 3.63) is 35.6 Å². The molecule has 0 aromatic heterocycles. The molecule has 3 amide bonds. The van der Waals surface area contributed by atoms with E-state index < -0.39 is 53.9 Å². The van der Waals surface area contributed by atoms with Crippen molar-refractivity contribution in [1.29, 1.82) is 0 Å². The van der Waals surface area contributed by atoms with E-state index >= 15 is 0 Å². The number of carbonyl (C=O) groups excluding carboxylic acids is 3. The highest BCUT2D eigenvalue weighted by atomic mass is 19.1. The molecular formula is C30H46FN3O9. The largest absolute Gasteiger partial charge is 0.481 e. The fourth-order valence-corrected chi connectivity index (χ4v) is 4.63. The minimum absolute atomic E-state index is 0.0274. The number of aliphatic hydroxyl groups is 2. The van der Waals surface area contributed by atoms with Crippen LogP contribution in [0.1, 0.15) is 63.2 Å². The lowest BCUT2D eigenvalue weighted by Gasteiger charge is -2.35. The lowest BCUT2D eigenvalue weighted by molar-refractivity contribution is -0.139. The van der Waals surface area contributed by atoms with E-state index in [0.29, 0.717) is 19.3 Å². The molecule has 43 heavy (non-hydrogen) atoms. The predicted octanol–water partition coefficient (Wildman–Crippen LogP) is 1.43. The number of amides is 3. The molecule has 1 saturated heterocycles. The monoisotopic (exact) mass is 611 g/mol. The van der Waals surface area contributed by atoms with Crippen LogP contribution >= 0.6 is 0 Å². The molecule has 4 atom stereocenters. The van der Waals surface area contributed by atoms with Crippen molar-refractivity contribution in [1.82, 2.24) is 15.1 Å². The average Bonchev–Trinajstić information content (AvgIpc) is 2.95. The first-order valence-corrected chi connectivity index (χ1v) is 14.8. The minimum atomic E-state index is -1.43. The Morgan fingerprint density at radius 2 is 1.77 bits per heavy atom. The second-order valence-electron chi connectivity index (χ2n) is 11.2. The van der Waals surface area contributed by atoms with E-state index in [1.54, 1.807) is 0 Å². The van der Waals surface area contributed by atoms with Crippen molar-refractivity contribution >= 4 is 23.7 Å². The summed E-state index contributed by atoms with van der Waals surface area (Å²) in [7, 11) is 0. The summed E-state index contributed by atoms with van der Waals surface area (Å²) < 4.78 is 26.2. The van der Waals surface area contributed by atoms with E-state index in [1.807, 2.05) is 13.8 Å². The zero-order chi connectivity index (χ0) is 31.9. The summed E-state index contributed by atoms with van der Waals surface area (Å²) in [5.74, 6) is -3.28. The van der Waals surface area contributed by atoms with Gasteiger partial charge in [-0.15, -0.1) is 0 Å². The molecule has 0 spiro atoms. The molecule has 12 nitrogen and oxygen atoms in total. The van der Waals surface area contributed by atoms with E-state index in [2.05, 4.69) is 5.32 Å². The molecule has 1 aromatic carbocycles. The molecule has 0 unspecified atom stereocenters. The van der Waals surface area contributed by atoms with Crippen molar-refractivity contribution in [3.63, 3.8) is 0 Å². The van der Waals surface area contributed by atoms with Crippen LogP contribution in [0.4, 0.5) is 4.39 Å². The van der Waals surface area contributed by atoms with Crippen LogP contribution in [0.15, 0.2) is 24.3 Å². The molecule has 1 aliphatic heterocycles. The maximum absolute atomic E-state index is 14.7. The number of ether oxygens (including phenoxy) is 2. The summed E-state index contributed by atoms with van der Waals surface area (Å²) in [6, 6.07) is 4.36. The van der Waals surface area contributed by atoms with Crippen LogP contribution in [-0.2, 0) is 23.9 Å². The highest BCUT2D eigenvalue weighted by Gasteiger charge is 2.33. The van der Waals surface area contributed by atoms with E-state index in [9.17, 15) is 33.8 Å². The van der Waals surface area contributed by atoms with Gasteiger partial charge in [-0.05, 0) is 43.7 Å². The Bertz CT molecular complexity index is 1060. The van der Waals surface area contributed by atoms with Crippen LogP contribution in [0, 0.1) is 11.7 Å². The molecule has 13 heteroatoms. The smallest absolute Gasteiger partial charge is 0.303 e. The number of carboxylic acids is 1. The highest BCUT2D eigenvalue weighted by Crippen LogP contribution is 2.16. The average molecular weight is 612 g/mol. The van der Waals surface area contributed by atoms with Crippen molar-refractivity contribution in [2.24, 2.45) is 5.92 Å². The molecule has 0 bridgehead atoms. The molecule has 0 saturated carbocycles. The number of aliphatic hydroxyl groups excluding tert-OH is 2. The zero-order valence-electron chi connectivity index (χ0n) is 25.2. The Labute approximate surface area is 252 Å². The number of benzene rings is 1. The van der Waals surface area contributed by atoms with Gasteiger partial charge >= 0.3 is 5.97 Å². The molecule has 0 aliphatic carbocycles. The van der Waals surface area contributed by atoms with Gasteiger partial charge in [-0.3, -0.25) is 19.2 Å². The van der Waals surface area contributed by atoms with Gasteiger partial charge in [0.25, 0.3) is 5.91 Å². The number of aliphatic carboxylic acids is 1. The topological polar surface area (TPSA) is 166 Å². The number of hydrogen-bond acceptors (Lipinski definition) is 8. The summed E-state index contributed by atoms with van der Waals surface area (Å²) in [5, 5.41) is 33.3. The molecule has 1 fully saturated rings. The van der Waals surface area contributed by atoms with Crippen LogP contribution in [0.3, 0.4) is 0 Å². The number of hydrogen-bond donors (Lipinski definition) is 4. The number of halogens is 1. The van der Waals surface area contributed by atoms with Crippen LogP contribution < -0.4 is 5.32 Å².